The van der Waals surface area contributed by atoms with Crippen LogP contribution in [0, 0.1) is 6.92 Å². The molecule has 6 nitrogen and oxygen atoms in total. The summed E-state index contributed by atoms with van der Waals surface area (Å²) >= 11 is 0. The number of rotatable bonds is 2. The largest absolute Gasteiger partial charge is 0.478 e. The van der Waals surface area contributed by atoms with Gasteiger partial charge in [0.1, 0.15) is 0 Å². The number of pyridine rings is 1. The molecule has 0 bridgehead atoms. The van der Waals surface area contributed by atoms with Crippen molar-refractivity contribution in [3.8, 4) is 11.5 Å². The summed E-state index contributed by atoms with van der Waals surface area (Å²) in [5.74, 6) is -0.283. The molecular weight excluding hydrogens is 198 g/mol. The molecule has 0 radical (unpaired) electrons. The van der Waals surface area contributed by atoms with Crippen molar-refractivity contribution in [3.05, 3.63) is 29.8 Å². The summed E-state index contributed by atoms with van der Waals surface area (Å²) in [7, 11) is 0. The van der Waals surface area contributed by atoms with E-state index in [1.54, 1.807) is 6.92 Å². The van der Waals surface area contributed by atoms with Crippen LogP contribution in [0.5, 0.6) is 0 Å². The molecular formula is C9H7N3O3. The van der Waals surface area contributed by atoms with Crippen molar-refractivity contribution < 1.29 is 14.4 Å². The molecule has 15 heavy (non-hydrogen) atoms. The highest BCUT2D eigenvalue weighted by molar-refractivity contribution is 5.88. The number of carbonyl (C=O) groups is 1. The van der Waals surface area contributed by atoms with Crippen molar-refractivity contribution in [2.75, 3.05) is 0 Å². The Balaban J connectivity index is 2.45. The van der Waals surface area contributed by atoms with Gasteiger partial charge in [-0.05, 0) is 13.0 Å². The van der Waals surface area contributed by atoms with E-state index in [2.05, 4.69) is 15.1 Å². The van der Waals surface area contributed by atoms with Gasteiger partial charge in [-0.1, -0.05) is 5.16 Å². The fourth-order valence-electron chi connectivity index (χ4n) is 1.09. The van der Waals surface area contributed by atoms with Gasteiger partial charge in [0.25, 0.3) is 5.89 Å². The summed E-state index contributed by atoms with van der Waals surface area (Å²) < 4.78 is 4.89. The molecule has 2 heterocycles. The van der Waals surface area contributed by atoms with Gasteiger partial charge < -0.3 is 9.63 Å². The van der Waals surface area contributed by atoms with Gasteiger partial charge in [0, 0.05) is 12.4 Å². The summed E-state index contributed by atoms with van der Waals surface area (Å²) in [4.78, 5) is 18.4. The average Bonchev–Trinajstić information content (AvgIpc) is 2.65. The smallest absolute Gasteiger partial charge is 0.337 e. The molecule has 0 saturated carbocycles. The molecule has 0 unspecified atom stereocenters. The van der Waals surface area contributed by atoms with E-state index in [1.165, 1.54) is 18.5 Å². The van der Waals surface area contributed by atoms with Crippen molar-refractivity contribution in [1.82, 2.24) is 15.1 Å². The second-order valence-corrected chi connectivity index (χ2v) is 2.91. The van der Waals surface area contributed by atoms with Crippen molar-refractivity contribution in [1.29, 1.82) is 0 Å². The number of aromatic nitrogens is 3. The van der Waals surface area contributed by atoms with Crippen LogP contribution >= 0.6 is 0 Å². The Morgan fingerprint density at radius 2 is 2.27 bits per heavy atom. The number of carboxylic acids is 1. The molecule has 6 heteroatoms. The monoisotopic (exact) mass is 205 g/mol. The highest BCUT2D eigenvalue weighted by Gasteiger charge is 2.10. The van der Waals surface area contributed by atoms with E-state index in [1.807, 2.05) is 0 Å². The number of carboxylic acid groups (broad SMARTS) is 1. The van der Waals surface area contributed by atoms with Gasteiger partial charge in [-0.25, -0.2) is 4.79 Å². The van der Waals surface area contributed by atoms with Gasteiger partial charge in [-0.2, -0.15) is 4.98 Å². The Bertz CT molecular complexity index is 507. The summed E-state index contributed by atoms with van der Waals surface area (Å²) in [6.45, 7) is 1.68. The molecule has 2 aromatic heterocycles. The second-order valence-electron chi connectivity index (χ2n) is 2.91. The molecule has 2 rings (SSSR count). The topological polar surface area (TPSA) is 89.1 Å². The third-order valence-electron chi connectivity index (χ3n) is 1.76. The maximum Gasteiger partial charge on any atom is 0.337 e. The van der Waals surface area contributed by atoms with E-state index in [0.29, 0.717) is 11.4 Å². The van der Waals surface area contributed by atoms with E-state index >= 15 is 0 Å². The minimum absolute atomic E-state index is 0.0864. The maximum atomic E-state index is 10.7. The second kappa shape index (κ2) is 3.49. The summed E-state index contributed by atoms with van der Waals surface area (Å²) in [5, 5.41) is 12.4. The van der Waals surface area contributed by atoms with E-state index in [-0.39, 0.29) is 11.5 Å². The van der Waals surface area contributed by atoms with Crippen LogP contribution in [0.15, 0.2) is 23.0 Å². The number of hydrogen-bond donors (Lipinski definition) is 1. The van der Waals surface area contributed by atoms with E-state index in [0.717, 1.165) is 0 Å². The lowest BCUT2D eigenvalue weighted by Gasteiger charge is -1.95. The molecule has 0 atom stereocenters. The van der Waals surface area contributed by atoms with Crippen LogP contribution in [0.4, 0.5) is 0 Å². The minimum Gasteiger partial charge on any atom is -0.478 e. The Morgan fingerprint density at radius 3 is 2.87 bits per heavy atom. The summed E-state index contributed by atoms with van der Waals surface area (Å²) in [5.41, 5.74) is 0.582. The molecule has 0 saturated heterocycles. The lowest BCUT2D eigenvalue weighted by atomic mass is 10.2. The highest BCUT2D eigenvalue weighted by atomic mass is 16.5. The van der Waals surface area contributed by atoms with Gasteiger partial charge in [-0.15, -0.1) is 0 Å². The summed E-state index contributed by atoms with van der Waals surface area (Å²) in [6.07, 6.45) is 2.73. The molecule has 0 aliphatic rings. The van der Waals surface area contributed by atoms with Gasteiger partial charge in [0.15, 0.2) is 5.82 Å². The first kappa shape index (κ1) is 9.32. The van der Waals surface area contributed by atoms with Crippen molar-refractivity contribution >= 4 is 5.97 Å². The van der Waals surface area contributed by atoms with E-state index in [4.69, 9.17) is 9.63 Å². The van der Waals surface area contributed by atoms with Crippen LogP contribution in [-0.2, 0) is 0 Å². The first-order chi connectivity index (χ1) is 7.16. The SMILES string of the molecule is Cc1noc(-c2cncc(C(=O)O)c2)n1. The molecule has 0 aliphatic carbocycles. The Labute approximate surface area is 84.6 Å². The van der Waals surface area contributed by atoms with Crippen molar-refractivity contribution in [3.63, 3.8) is 0 Å². The van der Waals surface area contributed by atoms with Crippen LogP contribution in [0.2, 0.25) is 0 Å². The molecule has 0 aromatic carbocycles. The predicted octanol–water partition coefficient (Wildman–Crippen LogP) is 1.14. The first-order valence-corrected chi connectivity index (χ1v) is 4.16. The van der Waals surface area contributed by atoms with Crippen molar-refractivity contribution in [2.24, 2.45) is 0 Å². The van der Waals surface area contributed by atoms with Gasteiger partial charge in [0.2, 0.25) is 0 Å². The molecule has 0 spiro atoms. The quantitative estimate of drug-likeness (QED) is 0.790. The third-order valence-corrected chi connectivity index (χ3v) is 1.76. The van der Waals surface area contributed by atoms with Gasteiger partial charge >= 0.3 is 5.97 Å². The average molecular weight is 205 g/mol. The van der Waals surface area contributed by atoms with Crippen LogP contribution in [0.1, 0.15) is 16.2 Å². The van der Waals surface area contributed by atoms with E-state index < -0.39 is 5.97 Å². The first-order valence-electron chi connectivity index (χ1n) is 4.16. The Hall–Kier alpha value is -2.24. The van der Waals surface area contributed by atoms with Gasteiger partial charge in [-0.3, -0.25) is 4.98 Å². The predicted molar refractivity (Wildman–Crippen MR) is 49.2 cm³/mol. The summed E-state index contributed by atoms with van der Waals surface area (Å²) in [6, 6.07) is 1.43. The Kier molecular flexibility index (Phi) is 2.17. The number of aryl methyl sites for hydroxylation is 1. The van der Waals surface area contributed by atoms with Gasteiger partial charge in [0.05, 0.1) is 11.1 Å². The van der Waals surface area contributed by atoms with Crippen LogP contribution in [0.3, 0.4) is 0 Å². The highest BCUT2D eigenvalue weighted by Crippen LogP contribution is 2.16. The zero-order valence-electron chi connectivity index (χ0n) is 7.84. The number of nitrogens with zero attached hydrogens (tertiary/aromatic N) is 3. The molecule has 0 aliphatic heterocycles. The molecule has 76 valence electrons. The fraction of sp³-hybridized carbons (Fsp3) is 0.111. The van der Waals surface area contributed by atoms with Crippen LogP contribution < -0.4 is 0 Å². The Morgan fingerprint density at radius 1 is 1.47 bits per heavy atom. The van der Waals surface area contributed by atoms with Crippen LogP contribution in [0.25, 0.3) is 11.5 Å². The number of hydrogen-bond acceptors (Lipinski definition) is 5. The third kappa shape index (κ3) is 1.83. The normalized spacial score (nSPS) is 10.2. The fourth-order valence-corrected chi connectivity index (χ4v) is 1.09. The standard InChI is InChI=1S/C9H7N3O3/c1-5-11-8(15-12-5)6-2-7(9(13)14)4-10-3-6/h2-4H,1H3,(H,13,14). The molecule has 2 aromatic rings. The molecule has 0 amide bonds. The zero-order valence-corrected chi connectivity index (χ0v) is 7.84. The molecule has 0 fully saturated rings. The number of aromatic carboxylic acids is 1. The van der Waals surface area contributed by atoms with Crippen LogP contribution in [-0.4, -0.2) is 26.2 Å². The zero-order chi connectivity index (χ0) is 10.8. The minimum atomic E-state index is -1.04. The molecule has 1 N–H and O–H groups in total. The van der Waals surface area contributed by atoms with Crippen molar-refractivity contribution in [2.45, 2.75) is 6.92 Å². The lowest BCUT2D eigenvalue weighted by molar-refractivity contribution is 0.0696. The lowest BCUT2D eigenvalue weighted by Crippen LogP contribution is -1.97. The maximum absolute atomic E-state index is 10.7. The van der Waals surface area contributed by atoms with E-state index in [9.17, 15) is 4.79 Å².